The summed E-state index contributed by atoms with van der Waals surface area (Å²) in [6.07, 6.45) is 0. The maximum atomic E-state index is 13.2. The highest BCUT2D eigenvalue weighted by molar-refractivity contribution is 7.99. The van der Waals surface area contributed by atoms with E-state index in [2.05, 4.69) is 6.07 Å². The van der Waals surface area contributed by atoms with Crippen LogP contribution < -0.4 is 5.56 Å². The van der Waals surface area contributed by atoms with Crippen molar-refractivity contribution < 1.29 is 0 Å². The highest BCUT2D eigenvalue weighted by atomic mass is 35.5. The van der Waals surface area contributed by atoms with Crippen molar-refractivity contribution in [3.05, 3.63) is 50.1 Å². The van der Waals surface area contributed by atoms with Crippen molar-refractivity contribution in [2.45, 2.75) is 25.9 Å². The summed E-state index contributed by atoms with van der Waals surface area (Å²) in [4.78, 5) is 19.8. The van der Waals surface area contributed by atoms with Crippen LogP contribution in [0.1, 0.15) is 17.4 Å². The molecular formula is C18H16ClN3OS2. The zero-order valence-electron chi connectivity index (χ0n) is 14.0. The van der Waals surface area contributed by atoms with Crippen molar-refractivity contribution in [1.29, 1.82) is 5.26 Å². The summed E-state index contributed by atoms with van der Waals surface area (Å²) in [5.74, 6) is 0.453. The number of hydrogen-bond acceptors (Lipinski definition) is 5. The largest absolute Gasteiger partial charge is 0.268 e. The Balaban J connectivity index is 2.24. The lowest BCUT2D eigenvalue weighted by atomic mass is 10.2. The molecular weight excluding hydrogens is 374 g/mol. The van der Waals surface area contributed by atoms with E-state index in [9.17, 15) is 4.79 Å². The number of nitriles is 1. The normalized spacial score (nSPS) is 12.3. The zero-order valence-corrected chi connectivity index (χ0v) is 16.4. The number of thiophene rings is 1. The first-order valence-corrected chi connectivity index (χ1v) is 9.91. The molecule has 4 nitrogen and oxygen atoms in total. The maximum Gasteiger partial charge on any atom is 0.267 e. The number of fused-ring (bicyclic) bond motifs is 1. The van der Waals surface area contributed by atoms with E-state index in [1.54, 1.807) is 16.7 Å². The van der Waals surface area contributed by atoms with E-state index in [1.807, 2.05) is 32.9 Å². The lowest BCUT2D eigenvalue weighted by Crippen LogP contribution is -2.22. The predicted molar refractivity (Wildman–Crippen MR) is 105 cm³/mol. The molecule has 1 atom stereocenters. The van der Waals surface area contributed by atoms with Gasteiger partial charge in [-0.15, -0.1) is 11.3 Å². The summed E-state index contributed by atoms with van der Waals surface area (Å²) < 4.78 is 1.62. The van der Waals surface area contributed by atoms with Gasteiger partial charge >= 0.3 is 0 Å². The molecule has 2 heterocycles. The third-order valence-corrected chi connectivity index (χ3v) is 6.49. The molecule has 3 aromatic rings. The number of benzene rings is 1. The van der Waals surface area contributed by atoms with Gasteiger partial charge in [-0.2, -0.15) is 5.26 Å². The molecule has 0 N–H and O–H groups in total. The third-order valence-electron chi connectivity index (χ3n) is 3.94. The minimum absolute atomic E-state index is 0.0821. The molecule has 0 unspecified atom stereocenters. The van der Waals surface area contributed by atoms with Crippen molar-refractivity contribution in [2.24, 2.45) is 5.92 Å². The van der Waals surface area contributed by atoms with Gasteiger partial charge in [0.15, 0.2) is 5.16 Å². The fourth-order valence-corrected chi connectivity index (χ4v) is 4.58. The Hall–Kier alpha value is -1.81. The molecule has 0 amide bonds. The highest BCUT2D eigenvalue weighted by Gasteiger charge is 2.18. The molecule has 0 saturated heterocycles. The quantitative estimate of drug-likeness (QED) is 0.467. The Morgan fingerprint density at radius 3 is 2.68 bits per heavy atom. The fourth-order valence-electron chi connectivity index (χ4n) is 2.43. The van der Waals surface area contributed by atoms with E-state index in [-0.39, 0.29) is 11.5 Å². The van der Waals surface area contributed by atoms with Gasteiger partial charge in [0.25, 0.3) is 5.56 Å². The smallest absolute Gasteiger partial charge is 0.267 e. The third kappa shape index (κ3) is 3.45. The van der Waals surface area contributed by atoms with Crippen molar-refractivity contribution >= 4 is 44.9 Å². The van der Waals surface area contributed by atoms with Crippen LogP contribution in [0.15, 0.2) is 34.2 Å². The number of aryl methyl sites for hydroxylation is 2. The molecule has 0 aliphatic rings. The number of hydrogen-bond donors (Lipinski definition) is 0. The lowest BCUT2D eigenvalue weighted by Gasteiger charge is -2.13. The van der Waals surface area contributed by atoms with E-state index in [0.29, 0.717) is 21.3 Å². The van der Waals surface area contributed by atoms with Crippen LogP contribution in [0.3, 0.4) is 0 Å². The highest BCUT2D eigenvalue weighted by Crippen LogP contribution is 2.30. The predicted octanol–water partition coefficient (Wildman–Crippen LogP) is 4.97. The van der Waals surface area contributed by atoms with Crippen LogP contribution in [0.2, 0.25) is 5.02 Å². The molecule has 0 spiro atoms. The van der Waals surface area contributed by atoms with Crippen molar-refractivity contribution in [1.82, 2.24) is 9.55 Å². The van der Waals surface area contributed by atoms with Gasteiger partial charge < -0.3 is 0 Å². The van der Waals surface area contributed by atoms with Gasteiger partial charge in [-0.3, -0.25) is 9.36 Å². The number of thioether (sulfide) groups is 1. The first-order chi connectivity index (χ1) is 11.9. The molecule has 3 rings (SSSR count). The Labute approximate surface area is 159 Å². The number of nitrogens with zero attached hydrogens (tertiary/aromatic N) is 3. The second kappa shape index (κ2) is 7.20. The van der Waals surface area contributed by atoms with Crippen molar-refractivity contribution in [3.8, 4) is 11.8 Å². The molecule has 7 heteroatoms. The van der Waals surface area contributed by atoms with Gasteiger partial charge in [0.1, 0.15) is 4.83 Å². The molecule has 2 aromatic heterocycles. The average Bonchev–Trinajstić information content (AvgIpc) is 2.88. The second-order valence-corrected chi connectivity index (χ2v) is 8.44. The van der Waals surface area contributed by atoms with Gasteiger partial charge in [-0.25, -0.2) is 4.98 Å². The fraction of sp³-hybridized carbons (Fsp3) is 0.278. The molecule has 0 aliphatic heterocycles. The minimum atomic E-state index is -0.122. The topological polar surface area (TPSA) is 58.7 Å². The van der Waals surface area contributed by atoms with Crippen molar-refractivity contribution in [3.63, 3.8) is 0 Å². The summed E-state index contributed by atoms with van der Waals surface area (Å²) in [5.41, 5.74) is 1.61. The second-order valence-electron chi connectivity index (χ2n) is 5.82. The monoisotopic (exact) mass is 389 g/mol. The molecule has 0 fully saturated rings. The number of rotatable bonds is 4. The van der Waals surface area contributed by atoms with Gasteiger partial charge in [0.2, 0.25) is 0 Å². The Morgan fingerprint density at radius 2 is 2.04 bits per heavy atom. The molecule has 128 valence electrons. The summed E-state index contributed by atoms with van der Waals surface area (Å²) >= 11 is 8.94. The maximum absolute atomic E-state index is 13.2. The minimum Gasteiger partial charge on any atom is -0.268 e. The molecule has 0 bridgehead atoms. The standard InChI is InChI=1S/C18H16ClN3OS2/c1-10(8-20)9-24-18-21-16-15(11(2)12(3)25-16)17(23)22(18)14-6-4-13(19)5-7-14/h4-7,10H,9H2,1-3H3/t10-/m0/s1. The number of halogens is 1. The van der Waals surface area contributed by atoms with Crippen LogP contribution in [0, 0.1) is 31.1 Å². The van der Waals surface area contributed by atoms with Crippen molar-refractivity contribution in [2.75, 3.05) is 5.75 Å². The molecule has 25 heavy (non-hydrogen) atoms. The van der Waals surface area contributed by atoms with Crippen LogP contribution in [-0.2, 0) is 0 Å². The number of aromatic nitrogens is 2. The van der Waals surface area contributed by atoms with Crippen LogP contribution >= 0.6 is 34.7 Å². The van der Waals surface area contributed by atoms with E-state index < -0.39 is 0 Å². The molecule has 0 saturated carbocycles. The van der Waals surface area contributed by atoms with Crippen LogP contribution in [0.4, 0.5) is 0 Å². The summed E-state index contributed by atoms with van der Waals surface area (Å²) in [5, 5.41) is 10.9. The Morgan fingerprint density at radius 1 is 1.36 bits per heavy atom. The first kappa shape index (κ1) is 18.0. The molecule has 1 aromatic carbocycles. The van der Waals surface area contributed by atoms with Gasteiger partial charge in [0, 0.05) is 15.7 Å². The Bertz CT molecular complexity index is 1030. The molecule has 0 aliphatic carbocycles. The first-order valence-electron chi connectivity index (χ1n) is 7.73. The van der Waals surface area contributed by atoms with Gasteiger partial charge in [-0.1, -0.05) is 23.4 Å². The average molecular weight is 390 g/mol. The molecule has 0 radical (unpaired) electrons. The van der Waals surface area contributed by atoms with Crippen LogP contribution in [-0.4, -0.2) is 15.3 Å². The van der Waals surface area contributed by atoms with Crippen LogP contribution in [0.25, 0.3) is 15.9 Å². The zero-order chi connectivity index (χ0) is 18.1. The van der Waals surface area contributed by atoms with E-state index in [0.717, 1.165) is 21.0 Å². The van der Waals surface area contributed by atoms with E-state index >= 15 is 0 Å². The summed E-state index contributed by atoms with van der Waals surface area (Å²) in [6.45, 7) is 5.81. The SMILES string of the molecule is Cc1sc2nc(SC[C@@H](C)C#N)n(-c3ccc(Cl)cc3)c(=O)c2c1C. The summed E-state index contributed by atoms with van der Waals surface area (Å²) in [6, 6.07) is 9.35. The van der Waals surface area contributed by atoms with Gasteiger partial charge in [0.05, 0.1) is 23.1 Å². The van der Waals surface area contributed by atoms with Crippen LogP contribution in [0.5, 0.6) is 0 Å². The summed E-state index contributed by atoms with van der Waals surface area (Å²) in [7, 11) is 0. The lowest BCUT2D eigenvalue weighted by molar-refractivity contribution is 0.809. The van der Waals surface area contributed by atoms with E-state index in [4.69, 9.17) is 21.8 Å². The van der Waals surface area contributed by atoms with Gasteiger partial charge in [-0.05, 0) is 50.6 Å². The van der Waals surface area contributed by atoms with E-state index in [1.165, 1.54) is 23.1 Å². The Kier molecular flexibility index (Phi) is 5.19.